The zero-order valence-electron chi connectivity index (χ0n) is 10.1. The lowest BCUT2D eigenvalue weighted by molar-refractivity contribution is 0.163. The van der Waals surface area contributed by atoms with E-state index in [0.717, 1.165) is 6.26 Å². The normalized spacial score (nSPS) is 16.3. The van der Waals surface area contributed by atoms with Gasteiger partial charge in [0.1, 0.15) is 23.1 Å². The maximum absolute atomic E-state index is 11.0. The van der Waals surface area contributed by atoms with Crippen LogP contribution in [0.5, 0.6) is 11.5 Å². The quantitative estimate of drug-likeness (QED) is 0.882. The van der Waals surface area contributed by atoms with Gasteiger partial charge in [-0.2, -0.15) is 0 Å². The van der Waals surface area contributed by atoms with Crippen LogP contribution in [-0.4, -0.2) is 38.7 Å². The van der Waals surface area contributed by atoms with Crippen LogP contribution < -0.4 is 9.47 Å². The fourth-order valence-electron chi connectivity index (χ4n) is 1.76. The third-order valence-electron chi connectivity index (χ3n) is 2.71. The van der Waals surface area contributed by atoms with E-state index >= 15 is 0 Å². The molecule has 1 atom stereocenters. The Kier molecular flexibility index (Phi) is 3.77. The molecule has 0 fully saturated rings. The molecule has 1 N–H and O–H groups in total. The summed E-state index contributed by atoms with van der Waals surface area (Å²) in [5.41, 5.74) is 0.642. The van der Waals surface area contributed by atoms with Gasteiger partial charge in [0, 0.05) is 6.26 Å². The summed E-state index contributed by atoms with van der Waals surface area (Å²) in [5, 5.41) is 9.92. The molecule has 6 heteroatoms. The van der Waals surface area contributed by atoms with E-state index in [9.17, 15) is 13.5 Å². The molecule has 0 saturated carbocycles. The average molecular weight is 272 g/mol. The van der Waals surface area contributed by atoms with E-state index in [1.165, 1.54) is 0 Å². The Balaban J connectivity index is 2.08. The Morgan fingerprint density at radius 3 is 2.61 bits per heavy atom. The van der Waals surface area contributed by atoms with E-state index in [1.807, 2.05) is 0 Å². The van der Waals surface area contributed by atoms with Crippen molar-refractivity contribution in [3.63, 3.8) is 0 Å². The van der Waals surface area contributed by atoms with E-state index in [2.05, 4.69) is 0 Å². The van der Waals surface area contributed by atoms with Crippen molar-refractivity contribution in [3.8, 4) is 11.5 Å². The maximum atomic E-state index is 11.0. The molecule has 0 bridgehead atoms. The molecule has 1 heterocycles. The minimum absolute atomic E-state index is 0.0391. The molecule has 1 aromatic rings. The molecule has 0 amide bonds. The highest BCUT2D eigenvalue weighted by Gasteiger charge is 2.16. The van der Waals surface area contributed by atoms with Gasteiger partial charge in [-0.3, -0.25) is 0 Å². The molecule has 0 saturated heterocycles. The van der Waals surface area contributed by atoms with Crippen LogP contribution in [-0.2, 0) is 9.84 Å². The molecule has 0 spiro atoms. The van der Waals surface area contributed by atoms with Gasteiger partial charge in [0.2, 0.25) is 0 Å². The summed E-state index contributed by atoms with van der Waals surface area (Å²) in [4.78, 5) is 0. The van der Waals surface area contributed by atoms with Crippen LogP contribution in [0, 0.1) is 0 Å². The summed E-state index contributed by atoms with van der Waals surface area (Å²) < 4.78 is 32.9. The minimum atomic E-state index is -3.06. The summed E-state index contributed by atoms with van der Waals surface area (Å²) in [6.07, 6.45) is 0.526. The summed E-state index contributed by atoms with van der Waals surface area (Å²) in [5.74, 6) is 1.21. The molecule has 1 aliphatic rings. The first kappa shape index (κ1) is 13.2. The number of aliphatic hydroxyl groups is 1. The molecule has 1 unspecified atom stereocenters. The first-order valence-electron chi connectivity index (χ1n) is 5.71. The van der Waals surface area contributed by atoms with Crippen LogP contribution in [0.4, 0.5) is 0 Å². The molecule has 100 valence electrons. The first-order chi connectivity index (χ1) is 8.46. The van der Waals surface area contributed by atoms with Crippen molar-refractivity contribution >= 4 is 9.84 Å². The van der Waals surface area contributed by atoms with Gasteiger partial charge in [0.15, 0.2) is 11.5 Å². The number of sulfone groups is 1. The fraction of sp³-hybridized carbons (Fsp3) is 0.500. The van der Waals surface area contributed by atoms with Gasteiger partial charge in [-0.05, 0) is 24.1 Å². The smallest absolute Gasteiger partial charge is 0.161 e. The molecule has 0 radical (unpaired) electrons. The highest BCUT2D eigenvalue weighted by atomic mass is 32.2. The van der Waals surface area contributed by atoms with Gasteiger partial charge in [-0.1, -0.05) is 6.07 Å². The van der Waals surface area contributed by atoms with Crippen LogP contribution in [0.1, 0.15) is 18.1 Å². The summed E-state index contributed by atoms with van der Waals surface area (Å²) >= 11 is 0. The number of fused-ring (bicyclic) bond motifs is 1. The molecule has 18 heavy (non-hydrogen) atoms. The van der Waals surface area contributed by atoms with Crippen LogP contribution in [0.25, 0.3) is 0 Å². The van der Waals surface area contributed by atoms with Crippen molar-refractivity contribution < 1.29 is 23.0 Å². The molecule has 5 nitrogen and oxygen atoms in total. The van der Waals surface area contributed by atoms with E-state index in [0.29, 0.717) is 30.3 Å². The molecular weight excluding hydrogens is 256 g/mol. The van der Waals surface area contributed by atoms with Crippen LogP contribution in [0.3, 0.4) is 0 Å². The topological polar surface area (TPSA) is 72.8 Å². The molecular formula is C12H16O5S. The Morgan fingerprint density at radius 1 is 1.28 bits per heavy atom. The zero-order chi connectivity index (χ0) is 13.2. The number of hydrogen-bond donors (Lipinski definition) is 1. The predicted molar refractivity (Wildman–Crippen MR) is 66.7 cm³/mol. The van der Waals surface area contributed by atoms with Crippen LogP contribution in [0.2, 0.25) is 0 Å². The van der Waals surface area contributed by atoms with Crippen molar-refractivity contribution in [2.45, 2.75) is 12.5 Å². The third-order valence-corrected chi connectivity index (χ3v) is 3.69. The molecule has 2 rings (SSSR count). The number of rotatable bonds is 4. The van der Waals surface area contributed by atoms with Gasteiger partial charge in [0.25, 0.3) is 0 Å². The van der Waals surface area contributed by atoms with Crippen molar-refractivity contribution in [2.75, 3.05) is 25.2 Å². The van der Waals surface area contributed by atoms with Gasteiger partial charge in [0.05, 0.1) is 11.9 Å². The van der Waals surface area contributed by atoms with Crippen LogP contribution in [0.15, 0.2) is 18.2 Å². The van der Waals surface area contributed by atoms with E-state index in [1.54, 1.807) is 18.2 Å². The van der Waals surface area contributed by atoms with Gasteiger partial charge in [-0.15, -0.1) is 0 Å². The van der Waals surface area contributed by atoms with Crippen molar-refractivity contribution in [1.29, 1.82) is 0 Å². The van der Waals surface area contributed by atoms with Gasteiger partial charge >= 0.3 is 0 Å². The second kappa shape index (κ2) is 5.16. The van der Waals surface area contributed by atoms with Crippen molar-refractivity contribution in [2.24, 2.45) is 0 Å². The summed E-state index contributed by atoms with van der Waals surface area (Å²) in [6, 6.07) is 5.15. The van der Waals surface area contributed by atoms with E-state index in [-0.39, 0.29) is 12.2 Å². The first-order valence-corrected chi connectivity index (χ1v) is 7.77. The Morgan fingerprint density at radius 2 is 1.94 bits per heavy atom. The Bertz CT molecular complexity index is 523. The monoisotopic (exact) mass is 272 g/mol. The van der Waals surface area contributed by atoms with E-state index < -0.39 is 15.9 Å². The maximum Gasteiger partial charge on any atom is 0.161 e. The van der Waals surface area contributed by atoms with Gasteiger partial charge in [-0.25, -0.2) is 8.42 Å². The van der Waals surface area contributed by atoms with Crippen molar-refractivity contribution in [1.82, 2.24) is 0 Å². The summed E-state index contributed by atoms with van der Waals surface area (Å²) in [7, 11) is -3.06. The van der Waals surface area contributed by atoms with Crippen molar-refractivity contribution in [3.05, 3.63) is 23.8 Å². The third kappa shape index (κ3) is 3.36. The molecule has 0 aliphatic carbocycles. The molecule has 0 aromatic heterocycles. The van der Waals surface area contributed by atoms with Crippen LogP contribution >= 0.6 is 0 Å². The fourth-order valence-corrected chi connectivity index (χ4v) is 2.41. The lowest BCUT2D eigenvalue weighted by Crippen LogP contribution is -2.16. The number of hydrogen-bond acceptors (Lipinski definition) is 5. The second-order valence-corrected chi connectivity index (χ2v) is 6.60. The number of benzene rings is 1. The zero-order valence-corrected chi connectivity index (χ0v) is 10.9. The minimum Gasteiger partial charge on any atom is -0.486 e. The summed E-state index contributed by atoms with van der Waals surface area (Å²) in [6.45, 7) is 0.999. The highest BCUT2D eigenvalue weighted by Crippen LogP contribution is 2.33. The Hall–Kier alpha value is -1.27. The number of aliphatic hydroxyl groups excluding tert-OH is 1. The predicted octanol–water partition coefficient (Wildman–Crippen LogP) is 0.926. The SMILES string of the molecule is CS(=O)(=O)CCC(O)c1ccc2c(c1)OCCO2. The Labute approximate surface area is 106 Å². The molecule has 1 aromatic carbocycles. The largest absolute Gasteiger partial charge is 0.486 e. The standard InChI is InChI=1S/C12H16O5S/c1-18(14,15)7-4-10(13)9-2-3-11-12(8-9)17-6-5-16-11/h2-3,8,10,13H,4-7H2,1H3. The average Bonchev–Trinajstić information content (AvgIpc) is 2.34. The highest BCUT2D eigenvalue weighted by molar-refractivity contribution is 7.90. The molecule has 1 aliphatic heterocycles. The lowest BCUT2D eigenvalue weighted by atomic mass is 10.1. The number of ether oxygens (including phenoxy) is 2. The second-order valence-electron chi connectivity index (χ2n) is 4.34. The van der Waals surface area contributed by atoms with E-state index in [4.69, 9.17) is 9.47 Å². The lowest BCUT2D eigenvalue weighted by Gasteiger charge is -2.20. The van der Waals surface area contributed by atoms with Gasteiger partial charge < -0.3 is 14.6 Å².